The Labute approximate surface area is 104 Å². The zero-order valence-electron chi connectivity index (χ0n) is 11.0. The third kappa shape index (κ3) is 5.31. The van der Waals surface area contributed by atoms with E-state index in [0.717, 1.165) is 19.5 Å². The topological polar surface area (TPSA) is 49.4 Å². The number of carbonyl (C=O) groups is 2. The Balaban J connectivity index is 2.49. The standard InChI is InChI=1S/C13H24N2O2/c1-11(16)10-12-6-4-3-5-8-15(12)9-7-13(17)14-2/h12H,3-10H2,1-2H3,(H,14,17). The molecule has 0 aliphatic carbocycles. The van der Waals surface area contributed by atoms with Crippen LogP contribution in [0.1, 0.15) is 45.4 Å². The summed E-state index contributed by atoms with van der Waals surface area (Å²) in [5, 5.41) is 2.64. The molecule has 1 rings (SSSR count). The van der Waals surface area contributed by atoms with Gasteiger partial charge in [0.25, 0.3) is 0 Å². The number of nitrogens with one attached hydrogen (secondary N) is 1. The van der Waals surface area contributed by atoms with E-state index >= 15 is 0 Å². The molecule has 1 atom stereocenters. The first-order valence-corrected chi connectivity index (χ1v) is 6.57. The van der Waals surface area contributed by atoms with Crippen molar-refractivity contribution in [2.75, 3.05) is 20.1 Å². The first kappa shape index (κ1) is 14.2. The van der Waals surface area contributed by atoms with Crippen molar-refractivity contribution in [3.63, 3.8) is 0 Å². The van der Waals surface area contributed by atoms with Crippen LogP contribution in [-0.4, -0.2) is 42.8 Å². The molecule has 0 aromatic heterocycles. The minimum Gasteiger partial charge on any atom is -0.359 e. The maximum Gasteiger partial charge on any atom is 0.221 e. The van der Waals surface area contributed by atoms with Gasteiger partial charge in [0, 0.05) is 32.5 Å². The quantitative estimate of drug-likeness (QED) is 0.789. The Bertz CT molecular complexity index is 266. The van der Waals surface area contributed by atoms with Gasteiger partial charge in [-0.2, -0.15) is 0 Å². The lowest BCUT2D eigenvalue weighted by Gasteiger charge is -2.29. The summed E-state index contributed by atoms with van der Waals surface area (Å²) in [4.78, 5) is 24.8. The number of ketones is 1. The van der Waals surface area contributed by atoms with Gasteiger partial charge in [0.15, 0.2) is 0 Å². The van der Waals surface area contributed by atoms with Gasteiger partial charge in [0.05, 0.1) is 0 Å². The molecular formula is C13H24N2O2. The summed E-state index contributed by atoms with van der Waals surface area (Å²) in [6.45, 7) is 3.45. The summed E-state index contributed by atoms with van der Waals surface area (Å²) >= 11 is 0. The molecule has 0 saturated carbocycles. The number of likely N-dealkylation sites (tertiary alicyclic amines) is 1. The van der Waals surface area contributed by atoms with Crippen molar-refractivity contribution in [1.29, 1.82) is 0 Å². The molecule has 98 valence electrons. The van der Waals surface area contributed by atoms with Crippen LogP contribution >= 0.6 is 0 Å². The third-order valence-electron chi connectivity index (χ3n) is 3.43. The number of nitrogens with zero attached hydrogens (tertiary/aromatic N) is 1. The molecule has 4 nitrogen and oxygen atoms in total. The molecule has 1 fully saturated rings. The van der Waals surface area contributed by atoms with Gasteiger partial charge in [-0.1, -0.05) is 12.8 Å². The average Bonchev–Trinajstić information content (AvgIpc) is 2.51. The van der Waals surface area contributed by atoms with E-state index in [9.17, 15) is 9.59 Å². The minimum absolute atomic E-state index is 0.0795. The van der Waals surface area contributed by atoms with Crippen LogP contribution in [0.2, 0.25) is 0 Å². The third-order valence-corrected chi connectivity index (χ3v) is 3.43. The van der Waals surface area contributed by atoms with Crippen molar-refractivity contribution in [3.8, 4) is 0 Å². The molecule has 0 radical (unpaired) electrons. The van der Waals surface area contributed by atoms with Crippen LogP contribution in [0.4, 0.5) is 0 Å². The second-order valence-corrected chi connectivity index (χ2v) is 4.87. The Morgan fingerprint density at radius 3 is 2.71 bits per heavy atom. The van der Waals surface area contributed by atoms with Gasteiger partial charge >= 0.3 is 0 Å². The van der Waals surface area contributed by atoms with E-state index in [1.165, 1.54) is 19.3 Å². The van der Waals surface area contributed by atoms with Crippen LogP contribution in [0.5, 0.6) is 0 Å². The summed E-state index contributed by atoms with van der Waals surface area (Å²) in [5.41, 5.74) is 0. The molecular weight excluding hydrogens is 216 g/mol. The van der Waals surface area contributed by atoms with Crippen molar-refractivity contribution in [3.05, 3.63) is 0 Å². The zero-order chi connectivity index (χ0) is 12.7. The summed E-state index contributed by atoms with van der Waals surface area (Å²) in [7, 11) is 1.66. The maximum absolute atomic E-state index is 11.3. The fourth-order valence-electron chi connectivity index (χ4n) is 2.46. The van der Waals surface area contributed by atoms with Gasteiger partial charge in [-0.3, -0.25) is 14.5 Å². The van der Waals surface area contributed by atoms with Crippen LogP contribution in [0.15, 0.2) is 0 Å². The summed E-state index contributed by atoms with van der Waals surface area (Å²) < 4.78 is 0. The molecule has 1 saturated heterocycles. The smallest absolute Gasteiger partial charge is 0.221 e. The summed E-state index contributed by atoms with van der Waals surface area (Å²) in [6, 6.07) is 0.347. The molecule has 1 aliphatic rings. The van der Waals surface area contributed by atoms with Gasteiger partial charge in [0.1, 0.15) is 5.78 Å². The van der Waals surface area contributed by atoms with E-state index < -0.39 is 0 Å². The van der Waals surface area contributed by atoms with Gasteiger partial charge in [-0.15, -0.1) is 0 Å². The van der Waals surface area contributed by atoms with Gasteiger partial charge < -0.3 is 5.32 Å². The molecule has 0 aromatic carbocycles. The first-order chi connectivity index (χ1) is 8.13. The van der Waals surface area contributed by atoms with E-state index in [2.05, 4.69) is 10.2 Å². The highest BCUT2D eigenvalue weighted by Gasteiger charge is 2.22. The van der Waals surface area contributed by atoms with Crippen molar-refractivity contribution in [2.24, 2.45) is 0 Å². The van der Waals surface area contributed by atoms with Crippen molar-refractivity contribution in [2.45, 2.75) is 51.5 Å². The molecule has 0 bridgehead atoms. The largest absolute Gasteiger partial charge is 0.359 e. The molecule has 1 heterocycles. The van der Waals surface area contributed by atoms with E-state index in [-0.39, 0.29) is 11.7 Å². The Hall–Kier alpha value is -0.900. The average molecular weight is 240 g/mol. The molecule has 1 unspecified atom stereocenters. The first-order valence-electron chi connectivity index (χ1n) is 6.57. The van der Waals surface area contributed by atoms with Gasteiger partial charge in [-0.05, 0) is 26.3 Å². The second kappa shape index (κ2) is 7.43. The Kier molecular flexibility index (Phi) is 6.19. The summed E-state index contributed by atoms with van der Waals surface area (Å²) in [5.74, 6) is 0.331. The van der Waals surface area contributed by atoms with Crippen molar-refractivity contribution in [1.82, 2.24) is 10.2 Å². The Morgan fingerprint density at radius 1 is 1.29 bits per heavy atom. The van der Waals surface area contributed by atoms with E-state index in [1.807, 2.05) is 0 Å². The lowest BCUT2D eigenvalue weighted by atomic mass is 10.0. The fraction of sp³-hybridized carbons (Fsp3) is 0.846. The molecule has 0 aromatic rings. The lowest BCUT2D eigenvalue weighted by molar-refractivity contribution is -0.121. The fourth-order valence-corrected chi connectivity index (χ4v) is 2.46. The highest BCUT2D eigenvalue weighted by Crippen LogP contribution is 2.19. The molecule has 17 heavy (non-hydrogen) atoms. The van der Waals surface area contributed by atoms with Crippen LogP contribution in [0.25, 0.3) is 0 Å². The molecule has 1 N–H and O–H groups in total. The molecule has 1 aliphatic heterocycles. The van der Waals surface area contributed by atoms with Crippen LogP contribution in [0, 0.1) is 0 Å². The predicted molar refractivity (Wildman–Crippen MR) is 67.8 cm³/mol. The normalized spacial score (nSPS) is 21.9. The molecule has 1 amide bonds. The molecule has 4 heteroatoms. The molecule has 0 spiro atoms. The van der Waals surface area contributed by atoms with Crippen LogP contribution < -0.4 is 5.32 Å². The number of carbonyl (C=O) groups excluding carboxylic acids is 2. The SMILES string of the molecule is CNC(=O)CCN1CCCCCC1CC(C)=O. The lowest BCUT2D eigenvalue weighted by Crippen LogP contribution is -2.38. The maximum atomic E-state index is 11.3. The number of hydrogen-bond donors (Lipinski definition) is 1. The minimum atomic E-state index is 0.0795. The Morgan fingerprint density at radius 2 is 2.06 bits per heavy atom. The number of rotatable bonds is 5. The van der Waals surface area contributed by atoms with E-state index in [4.69, 9.17) is 0 Å². The van der Waals surface area contributed by atoms with E-state index in [0.29, 0.717) is 18.9 Å². The van der Waals surface area contributed by atoms with Crippen LogP contribution in [0.3, 0.4) is 0 Å². The van der Waals surface area contributed by atoms with E-state index in [1.54, 1.807) is 14.0 Å². The zero-order valence-corrected chi connectivity index (χ0v) is 11.0. The number of hydrogen-bond acceptors (Lipinski definition) is 3. The van der Waals surface area contributed by atoms with Gasteiger partial charge in [-0.25, -0.2) is 0 Å². The summed E-state index contributed by atoms with van der Waals surface area (Å²) in [6.07, 6.45) is 5.88. The second-order valence-electron chi connectivity index (χ2n) is 4.87. The highest BCUT2D eigenvalue weighted by molar-refractivity contribution is 5.76. The van der Waals surface area contributed by atoms with Crippen molar-refractivity contribution < 1.29 is 9.59 Å². The predicted octanol–water partition coefficient (Wildman–Crippen LogP) is 1.35. The highest BCUT2D eigenvalue weighted by atomic mass is 16.1. The number of amides is 1. The van der Waals surface area contributed by atoms with Gasteiger partial charge in [0.2, 0.25) is 5.91 Å². The monoisotopic (exact) mass is 240 g/mol. The van der Waals surface area contributed by atoms with Crippen LogP contribution in [-0.2, 0) is 9.59 Å². The van der Waals surface area contributed by atoms with Crippen molar-refractivity contribution >= 4 is 11.7 Å². The number of Topliss-reactive ketones (excluding diaryl/α,β-unsaturated/α-hetero) is 1.